The first-order valence-electron chi connectivity index (χ1n) is 6.57. The Labute approximate surface area is 104 Å². The van der Waals surface area contributed by atoms with Crippen LogP contribution in [0.2, 0.25) is 0 Å². The molecule has 0 radical (unpaired) electrons. The van der Waals surface area contributed by atoms with Crippen LogP contribution in [0.15, 0.2) is 18.2 Å². The van der Waals surface area contributed by atoms with Crippen LogP contribution in [0, 0.1) is 0 Å². The minimum absolute atomic E-state index is 0.125. The van der Waals surface area contributed by atoms with Crippen molar-refractivity contribution in [1.82, 2.24) is 0 Å². The molecular formula is C15H23NO. The second-order valence-corrected chi connectivity index (χ2v) is 5.59. The molecule has 2 heteroatoms. The molecule has 0 bridgehead atoms. The van der Waals surface area contributed by atoms with Crippen LogP contribution in [-0.4, -0.2) is 6.61 Å². The largest absolute Gasteiger partial charge is 0.493 e. The van der Waals surface area contributed by atoms with Crippen molar-refractivity contribution in [3.63, 3.8) is 0 Å². The Morgan fingerprint density at radius 1 is 1.41 bits per heavy atom. The number of hydrogen-bond acceptors (Lipinski definition) is 2. The van der Waals surface area contributed by atoms with E-state index in [1.165, 1.54) is 11.1 Å². The molecule has 2 nitrogen and oxygen atoms in total. The van der Waals surface area contributed by atoms with Gasteiger partial charge in [-0.05, 0) is 42.4 Å². The van der Waals surface area contributed by atoms with Crippen molar-refractivity contribution in [2.75, 3.05) is 6.61 Å². The first-order chi connectivity index (χ1) is 8.04. The number of nitrogens with two attached hydrogens (primary N) is 1. The lowest BCUT2D eigenvalue weighted by molar-refractivity contribution is 0.316. The molecule has 17 heavy (non-hydrogen) atoms. The molecule has 0 spiro atoms. The fourth-order valence-corrected chi connectivity index (χ4v) is 2.24. The molecule has 0 aromatic heterocycles. The predicted octanol–water partition coefficient (Wildman–Crippen LogP) is 3.55. The van der Waals surface area contributed by atoms with Gasteiger partial charge in [0.05, 0.1) is 6.61 Å². The molecule has 1 aliphatic heterocycles. The van der Waals surface area contributed by atoms with Gasteiger partial charge < -0.3 is 10.5 Å². The monoisotopic (exact) mass is 233 g/mol. The number of fused-ring (bicyclic) bond motifs is 1. The molecule has 0 saturated carbocycles. The third-order valence-corrected chi connectivity index (χ3v) is 3.99. The molecule has 1 atom stereocenters. The average Bonchev–Trinajstić information content (AvgIpc) is 2.51. The minimum atomic E-state index is 0.125. The summed E-state index contributed by atoms with van der Waals surface area (Å²) >= 11 is 0. The highest BCUT2D eigenvalue weighted by molar-refractivity contribution is 5.42. The van der Waals surface area contributed by atoms with Crippen molar-refractivity contribution in [2.45, 2.75) is 51.5 Å². The van der Waals surface area contributed by atoms with E-state index < -0.39 is 0 Å². The number of hydrogen-bond donors (Lipinski definition) is 1. The quantitative estimate of drug-likeness (QED) is 0.848. The minimum Gasteiger partial charge on any atom is -0.493 e. The van der Waals surface area contributed by atoms with Gasteiger partial charge in [0.15, 0.2) is 0 Å². The maximum atomic E-state index is 6.22. The van der Waals surface area contributed by atoms with Crippen LogP contribution in [0.5, 0.6) is 5.75 Å². The van der Waals surface area contributed by atoms with Gasteiger partial charge in [-0.3, -0.25) is 0 Å². The second-order valence-electron chi connectivity index (χ2n) is 5.59. The summed E-state index contributed by atoms with van der Waals surface area (Å²) in [5.41, 5.74) is 8.97. The van der Waals surface area contributed by atoms with E-state index in [1.54, 1.807) is 0 Å². The highest BCUT2D eigenvalue weighted by Gasteiger charge is 2.22. The Kier molecular flexibility index (Phi) is 3.43. The number of benzene rings is 1. The lowest BCUT2D eigenvalue weighted by Crippen LogP contribution is -2.17. The van der Waals surface area contributed by atoms with E-state index in [9.17, 15) is 0 Å². The lowest BCUT2D eigenvalue weighted by atomic mass is 9.81. The number of ether oxygens (including phenoxy) is 1. The highest BCUT2D eigenvalue weighted by atomic mass is 16.5. The van der Waals surface area contributed by atoms with Crippen molar-refractivity contribution in [2.24, 2.45) is 5.73 Å². The van der Waals surface area contributed by atoms with Gasteiger partial charge in [-0.2, -0.15) is 0 Å². The van der Waals surface area contributed by atoms with Crippen molar-refractivity contribution in [3.8, 4) is 5.75 Å². The van der Waals surface area contributed by atoms with Crippen LogP contribution in [0.25, 0.3) is 0 Å². The second kappa shape index (κ2) is 4.69. The van der Waals surface area contributed by atoms with Gasteiger partial charge in [0.25, 0.3) is 0 Å². The van der Waals surface area contributed by atoms with E-state index in [1.807, 2.05) is 0 Å². The lowest BCUT2D eigenvalue weighted by Gasteiger charge is -2.25. The first kappa shape index (κ1) is 12.4. The van der Waals surface area contributed by atoms with E-state index in [2.05, 4.69) is 39.0 Å². The Bertz CT molecular complexity index is 398. The van der Waals surface area contributed by atoms with Gasteiger partial charge in [0.1, 0.15) is 5.75 Å². The summed E-state index contributed by atoms with van der Waals surface area (Å²) in [5.74, 6) is 0.977. The third-order valence-electron chi connectivity index (χ3n) is 3.99. The van der Waals surface area contributed by atoms with Crippen LogP contribution in [-0.2, 0) is 5.41 Å². The zero-order chi connectivity index (χ0) is 12.5. The maximum Gasteiger partial charge on any atom is 0.124 e. The summed E-state index contributed by atoms with van der Waals surface area (Å²) in [6, 6.07) is 6.64. The fourth-order valence-electron chi connectivity index (χ4n) is 2.24. The molecule has 1 aliphatic rings. The topological polar surface area (TPSA) is 35.2 Å². The van der Waals surface area contributed by atoms with Crippen LogP contribution in [0.1, 0.15) is 57.2 Å². The summed E-state index contributed by atoms with van der Waals surface area (Å²) in [7, 11) is 0. The van der Waals surface area contributed by atoms with Crippen LogP contribution >= 0.6 is 0 Å². The van der Waals surface area contributed by atoms with Gasteiger partial charge in [0, 0.05) is 11.6 Å². The molecule has 1 heterocycles. The van der Waals surface area contributed by atoms with Crippen molar-refractivity contribution >= 4 is 0 Å². The van der Waals surface area contributed by atoms with E-state index in [4.69, 9.17) is 10.5 Å². The molecule has 0 saturated heterocycles. The molecule has 1 aromatic rings. The molecule has 0 fully saturated rings. The molecule has 2 N–H and O–H groups in total. The summed E-state index contributed by atoms with van der Waals surface area (Å²) in [6.45, 7) is 7.56. The van der Waals surface area contributed by atoms with Crippen LogP contribution in [0.3, 0.4) is 0 Å². The van der Waals surface area contributed by atoms with E-state index >= 15 is 0 Å². The zero-order valence-corrected chi connectivity index (χ0v) is 11.1. The van der Waals surface area contributed by atoms with Gasteiger partial charge in [-0.15, -0.1) is 0 Å². The smallest absolute Gasteiger partial charge is 0.124 e. The third kappa shape index (κ3) is 2.47. The van der Waals surface area contributed by atoms with E-state index in [-0.39, 0.29) is 11.5 Å². The Hall–Kier alpha value is -1.02. The summed E-state index contributed by atoms with van der Waals surface area (Å²) in [5, 5.41) is 0. The van der Waals surface area contributed by atoms with Gasteiger partial charge in [0.2, 0.25) is 0 Å². The Morgan fingerprint density at radius 3 is 2.88 bits per heavy atom. The standard InChI is InChI=1S/C15H23NO/c1-4-15(2,3)11-7-8-14-12(10-11)13(16)6-5-9-17-14/h7-8,10,13H,4-6,9,16H2,1-3H3/t13-/m1/s1. The SMILES string of the molecule is CCC(C)(C)c1ccc2c(c1)[C@H](N)CCCO2. The average molecular weight is 233 g/mol. The highest BCUT2D eigenvalue weighted by Crippen LogP contribution is 2.35. The van der Waals surface area contributed by atoms with Crippen LogP contribution < -0.4 is 10.5 Å². The zero-order valence-electron chi connectivity index (χ0n) is 11.1. The summed E-state index contributed by atoms with van der Waals surface area (Å²) in [6.07, 6.45) is 3.19. The van der Waals surface area contributed by atoms with Crippen molar-refractivity contribution < 1.29 is 4.74 Å². The summed E-state index contributed by atoms with van der Waals surface area (Å²) < 4.78 is 5.74. The van der Waals surface area contributed by atoms with Gasteiger partial charge >= 0.3 is 0 Å². The van der Waals surface area contributed by atoms with Gasteiger partial charge in [-0.25, -0.2) is 0 Å². The fraction of sp³-hybridized carbons (Fsp3) is 0.600. The van der Waals surface area contributed by atoms with E-state index in [0.717, 1.165) is 31.6 Å². The molecule has 0 unspecified atom stereocenters. The predicted molar refractivity (Wildman–Crippen MR) is 71.4 cm³/mol. The summed E-state index contributed by atoms with van der Waals surface area (Å²) in [4.78, 5) is 0. The van der Waals surface area contributed by atoms with E-state index in [0.29, 0.717) is 0 Å². The first-order valence-corrected chi connectivity index (χ1v) is 6.57. The molecule has 0 aliphatic carbocycles. The Balaban J connectivity index is 2.41. The maximum absolute atomic E-state index is 6.22. The molecule has 0 amide bonds. The molecule has 1 aromatic carbocycles. The molecule has 94 valence electrons. The van der Waals surface area contributed by atoms with Crippen LogP contribution in [0.4, 0.5) is 0 Å². The van der Waals surface area contributed by atoms with Crippen molar-refractivity contribution in [3.05, 3.63) is 29.3 Å². The number of rotatable bonds is 2. The van der Waals surface area contributed by atoms with Gasteiger partial charge in [-0.1, -0.05) is 26.8 Å². The normalized spacial score (nSPS) is 20.4. The van der Waals surface area contributed by atoms with Crippen molar-refractivity contribution in [1.29, 1.82) is 0 Å². The molecule has 2 rings (SSSR count). The Morgan fingerprint density at radius 2 is 2.18 bits per heavy atom. The molecular weight excluding hydrogens is 210 g/mol.